The van der Waals surface area contributed by atoms with Crippen molar-refractivity contribution in [1.82, 2.24) is 0 Å². The summed E-state index contributed by atoms with van der Waals surface area (Å²) < 4.78 is 0. The summed E-state index contributed by atoms with van der Waals surface area (Å²) in [7, 11) is 2.13. The lowest BCUT2D eigenvalue weighted by Gasteiger charge is -2.33. The predicted molar refractivity (Wildman–Crippen MR) is 174 cm³/mol. The summed E-state index contributed by atoms with van der Waals surface area (Å²) in [6.07, 6.45) is 3.19. The number of nitrogens with zero attached hydrogens (tertiary/aromatic N) is 1. The molecule has 5 aromatic rings. The number of rotatable bonds is 9. The maximum atomic E-state index is 2.34. The first kappa shape index (κ1) is 27.5. The van der Waals surface area contributed by atoms with Crippen LogP contribution < -0.4 is 4.90 Å². The normalized spacial score (nSPS) is 11.4. The monoisotopic (exact) mass is 523 g/mol. The van der Waals surface area contributed by atoms with Crippen molar-refractivity contribution in [2.24, 2.45) is 0 Å². The molecule has 0 aromatic heterocycles. The summed E-state index contributed by atoms with van der Waals surface area (Å²) in [4.78, 5) is 2.24. The second kappa shape index (κ2) is 12.0. The van der Waals surface area contributed by atoms with Crippen LogP contribution >= 0.6 is 0 Å². The summed E-state index contributed by atoms with van der Waals surface area (Å²) in [5.41, 5.74) is 12.9. The van der Waals surface area contributed by atoms with Crippen LogP contribution in [-0.4, -0.2) is 7.05 Å². The van der Waals surface area contributed by atoms with Crippen LogP contribution in [0.5, 0.6) is 0 Å². The van der Waals surface area contributed by atoms with Crippen molar-refractivity contribution in [3.05, 3.63) is 144 Å². The van der Waals surface area contributed by atoms with E-state index in [9.17, 15) is 0 Å². The minimum absolute atomic E-state index is 0.00420. The van der Waals surface area contributed by atoms with Gasteiger partial charge in [0.05, 0.1) is 0 Å². The zero-order valence-corrected chi connectivity index (χ0v) is 24.6. The van der Waals surface area contributed by atoms with Crippen molar-refractivity contribution in [2.45, 2.75) is 52.4 Å². The standard InChI is InChI=1S/C39H41N/c1-6-30-11-25-37(26-12-30)40(5)38-27-19-34(20-28-38)33-17-23-36(24-18-33)39(7-2,8-3)35-21-15-32(16-22-35)31-13-9-29(4)10-14-31/h9-28H,6-8H2,1-5H3. The molecule has 0 N–H and O–H groups in total. The summed E-state index contributed by atoms with van der Waals surface area (Å²) in [5.74, 6) is 0. The van der Waals surface area contributed by atoms with Gasteiger partial charge in [-0.25, -0.2) is 0 Å². The van der Waals surface area contributed by atoms with E-state index in [1.165, 1.54) is 55.9 Å². The molecule has 0 radical (unpaired) electrons. The summed E-state index contributed by atoms with van der Waals surface area (Å²) in [6.45, 7) is 8.96. The molecule has 0 atom stereocenters. The van der Waals surface area contributed by atoms with Gasteiger partial charge in [-0.15, -0.1) is 0 Å². The van der Waals surface area contributed by atoms with E-state index < -0.39 is 0 Å². The molecule has 0 spiro atoms. The van der Waals surface area contributed by atoms with E-state index in [1.54, 1.807) is 0 Å². The van der Waals surface area contributed by atoms with Gasteiger partial charge in [-0.2, -0.15) is 0 Å². The third-order valence-corrected chi connectivity index (χ3v) is 8.79. The summed E-state index contributed by atoms with van der Waals surface area (Å²) >= 11 is 0. The molecule has 0 aliphatic heterocycles. The number of hydrogen-bond donors (Lipinski definition) is 0. The van der Waals surface area contributed by atoms with Crippen molar-refractivity contribution in [1.29, 1.82) is 0 Å². The van der Waals surface area contributed by atoms with Crippen LogP contribution in [0.3, 0.4) is 0 Å². The molecule has 0 aliphatic carbocycles. The average molecular weight is 524 g/mol. The van der Waals surface area contributed by atoms with E-state index in [0.717, 1.165) is 19.3 Å². The Morgan fingerprint density at radius 3 is 1.20 bits per heavy atom. The molecule has 0 amide bonds. The first-order valence-electron chi connectivity index (χ1n) is 14.7. The number of hydrogen-bond acceptors (Lipinski definition) is 1. The van der Waals surface area contributed by atoms with Gasteiger partial charge < -0.3 is 4.90 Å². The van der Waals surface area contributed by atoms with Crippen LogP contribution in [0.15, 0.2) is 121 Å². The first-order valence-corrected chi connectivity index (χ1v) is 14.7. The molecule has 0 aliphatic rings. The lowest BCUT2D eigenvalue weighted by molar-refractivity contribution is 0.478. The third-order valence-electron chi connectivity index (χ3n) is 8.79. The van der Waals surface area contributed by atoms with Gasteiger partial charge >= 0.3 is 0 Å². The topological polar surface area (TPSA) is 3.24 Å². The van der Waals surface area contributed by atoms with E-state index in [-0.39, 0.29) is 5.41 Å². The molecule has 0 heterocycles. The Hall–Kier alpha value is -4.10. The van der Waals surface area contributed by atoms with Gasteiger partial charge in [0, 0.05) is 23.8 Å². The van der Waals surface area contributed by atoms with Crippen molar-refractivity contribution < 1.29 is 0 Å². The Morgan fingerprint density at radius 1 is 0.475 bits per heavy atom. The quantitative estimate of drug-likeness (QED) is 0.186. The maximum absolute atomic E-state index is 2.34. The number of aryl methyl sites for hydroxylation is 2. The third kappa shape index (κ3) is 5.47. The van der Waals surface area contributed by atoms with E-state index >= 15 is 0 Å². The van der Waals surface area contributed by atoms with Crippen LogP contribution in [0.2, 0.25) is 0 Å². The Balaban J connectivity index is 1.36. The largest absolute Gasteiger partial charge is 0.345 e. The Kier molecular flexibility index (Phi) is 8.21. The Bertz CT molecular complexity index is 1500. The highest BCUT2D eigenvalue weighted by Gasteiger charge is 2.30. The SMILES string of the molecule is CCc1ccc(N(C)c2ccc(-c3ccc(C(CC)(CC)c4ccc(-c5ccc(C)cc5)cc4)cc3)cc2)cc1. The van der Waals surface area contributed by atoms with Crippen molar-refractivity contribution in [3.63, 3.8) is 0 Å². The summed E-state index contributed by atoms with van der Waals surface area (Å²) in [6, 6.07) is 45.0. The minimum Gasteiger partial charge on any atom is -0.345 e. The molecule has 1 heteroatoms. The van der Waals surface area contributed by atoms with E-state index in [0.29, 0.717) is 0 Å². The van der Waals surface area contributed by atoms with Gasteiger partial charge in [0.2, 0.25) is 0 Å². The summed E-state index contributed by atoms with van der Waals surface area (Å²) in [5, 5.41) is 0. The molecule has 0 unspecified atom stereocenters. The van der Waals surface area contributed by atoms with Crippen molar-refractivity contribution in [3.8, 4) is 22.3 Å². The van der Waals surface area contributed by atoms with E-state index in [4.69, 9.17) is 0 Å². The zero-order valence-electron chi connectivity index (χ0n) is 24.6. The Morgan fingerprint density at radius 2 is 0.825 bits per heavy atom. The molecule has 0 saturated carbocycles. The fraction of sp³-hybridized carbons (Fsp3) is 0.231. The molecular weight excluding hydrogens is 482 g/mol. The second-order valence-electron chi connectivity index (χ2n) is 10.9. The number of benzene rings is 5. The lowest BCUT2D eigenvalue weighted by atomic mass is 9.70. The van der Waals surface area contributed by atoms with Crippen LogP contribution in [-0.2, 0) is 11.8 Å². The molecule has 202 valence electrons. The van der Waals surface area contributed by atoms with E-state index in [2.05, 4.69) is 161 Å². The van der Waals surface area contributed by atoms with Gasteiger partial charge in [0.15, 0.2) is 0 Å². The van der Waals surface area contributed by atoms with Gasteiger partial charge in [0.25, 0.3) is 0 Å². The zero-order chi connectivity index (χ0) is 28.1. The van der Waals surface area contributed by atoms with Crippen molar-refractivity contribution >= 4 is 11.4 Å². The number of anilines is 2. The molecule has 0 bridgehead atoms. The lowest BCUT2D eigenvalue weighted by Crippen LogP contribution is -2.26. The van der Waals surface area contributed by atoms with Gasteiger partial charge in [-0.3, -0.25) is 0 Å². The maximum Gasteiger partial charge on any atom is 0.0408 e. The molecule has 0 saturated heterocycles. The molecule has 5 rings (SSSR count). The minimum atomic E-state index is 0.00420. The molecule has 1 nitrogen and oxygen atoms in total. The van der Waals surface area contributed by atoms with Gasteiger partial charge in [0.1, 0.15) is 0 Å². The van der Waals surface area contributed by atoms with Gasteiger partial charge in [-0.1, -0.05) is 123 Å². The highest BCUT2D eigenvalue weighted by Crippen LogP contribution is 2.40. The fourth-order valence-corrected chi connectivity index (χ4v) is 5.92. The second-order valence-corrected chi connectivity index (χ2v) is 10.9. The average Bonchev–Trinajstić information content (AvgIpc) is 3.03. The van der Waals surface area contributed by atoms with E-state index in [1.807, 2.05) is 0 Å². The van der Waals surface area contributed by atoms with Crippen molar-refractivity contribution in [2.75, 3.05) is 11.9 Å². The van der Waals surface area contributed by atoms with Crippen LogP contribution in [0.25, 0.3) is 22.3 Å². The molecular formula is C39H41N. The predicted octanol–water partition coefficient (Wildman–Crippen LogP) is 10.8. The van der Waals surface area contributed by atoms with Crippen LogP contribution in [0.4, 0.5) is 11.4 Å². The molecule has 0 fully saturated rings. The van der Waals surface area contributed by atoms with Gasteiger partial charge in [-0.05, 0) is 89.4 Å². The molecule has 5 aromatic carbocycles. The van der Waals surface area contributed by atoms with Crippen LogP contribution in [0, 0.1) is 6.92 Å². The van der Waals surface area contributed by atoms with Crippen LogP contribution in [0.1, 0.15) is 55.9 Å². The highest BCUT2D eigenvalue weighted by atomic mass is 15.1. The highest BCUT2D eigenvalue weighted by molar-refractivity contribution is 5.70. The first-order chi connectivity index (χ1) is 19.5. The smallest absolute Gasteiger partial charge is 0.0408 e. The molecule has 40 heavy (non-hydrogen) atoms. The Labute approximate surface area is 241 Å². The fourth-order valence-electron chi connectivity index (χ4n) is 5.92.